The summed E-state index contributed by atoms with van der Waals surface area (Å²) in [6.45, 7) is 1.92. The highest BCUT2D eigenvalue weighted by molar-refractivity contribution is 5.94. The highest BCUT2D eigenvalue weighted by atomic mass is 19.4. The molecule has 0 saturated carbocycles. The van der Waals surface area contributed by atoms with Crippen LogP contribution in [0.3, 0.4) is 0 Å². The minimum Gasteiger partial charge on any atom is -0.406 e. The molecule has 104 valence electrons. The first-order valence-corrected chi connectivity index (χ1v) is 5.68. The van der Waals surface area contributed by atoms with Crippen LogP contribution >= 0.6 is 0 Å². The average molecular weight is 275 g/mol. The summed E-state index contributed by atoms with van der Waals surface area (Å²) in [6, 6.07) is 4.89. The Kier molecular flexibility index (Phi) is 3.94. The van der Waals surface area contributed by atoms with E-state index in [1.165, 1.54) is 12.1 Å². The Morgan fingerprint density at radius 1 is 1.16 bits per heavy atom. The van der Waals surface area contributed by atoms with Crippen LogP contribution in [0, 0.1) is 0 Å². The minimum absolute atomic E-state index is 0.221. The van der Waals surface area contributed by atoms with Crippen molar-refractivity contribution < 1.29 is 27.4 Å². The van der Waals surface area contributed by atoms with Crippen molar-refractivity contribution in [3.63, 3.8) is 0 Å². The molecule has 2 rings (SSSR count). The summed E-state index contributed by atoms with van der Waals surface area (Å²) in [4.78, 5) is 13.6. The van der Waals surface area contributed by atoms with E-state index in [1.807, 2.05) is 0 Å². The van der Waals surface area contributed by atoms with Crippen LogP contribution in [0.25, 0.3) is 0 Å². The maximum atomic E-state index is 12.0. The zero-order valence-corrected chi connectivity index (χ0v) is 9.94. The summed E-state index contributed by atoms with van der Waals surface area (Å²) in [7, 11) is 0. The number of carbonyl (C=O) groups is 1. The smallest absolute Gasteiger partial charge is 0.406 e. The Hall–Kier alpha value is -1.76. The first kappa shape index (κ1) is 13.7. The number of rotatable bonds is 2. The van der Waals surface area contributed by atoms with Gasteiger partial charge in [0.05, 0.1) is 13.2 Å². The van der Waals surface area contributed by atoms with Gasteiger partial charge in [0.15, 0.2) is 0 Å². The minimum atomic E-state index is -4.73. The molecule has 0 aromatic heterocycles. The molecule has 0 aliphatic carbocycles. The number of hydrogen-bond donors (Lipinski definition) is 0. The molecule has 0 bridgehead atoms. The fraction of sp³-hybridized carbons (Fsp3) is 0.417. The molecule has 1 aromatic rings. The fourth-order valence-corrected chi connectivity index (χ4v) is 1.75. The van der Waals surface area contributed by atoms with Crippen molar-refractivity contribution in [3.8, 4) is 5.75 Å². The molecule has 0 atom stereocenters. The van der Waals surface area contributed by atoms with Gasteiger partial charge in [-0.1, -0.05) is 0 Å². The maximum Gasteiger partial charge on any atom is 0.573 e. The molecule has 1 aromatic carbocycles. The van der Waals surface area contributed by atoms with Crippen molar-refractivity contribution in [2.24, 2.45) is 0 Å². The van der Waals surface area contributed by atoms with Gasteiger partial charge in [-0.3, -0.25) is 4.79 Å². The molecule has 1 aliphatic heterocycles. The van der Waals surface area contributed by atoms with Gasteiger partial charge in [0.25, 0.3) is 5.91 Å². The van der Waals surface area contributed by atoms with Crippen LogP contribution in [0.5, 0.6) is 5.75 Å². The molecule has 0 unspecified atom stereocenters. The number of morpholine rings is 1. The van der Waals surface area contributed by atoms with Gasteiger partial charge in [0, 0.05) is 18.7 Å². The van der Waals surface area contributed by atoms with Crippen LogP contribution in [-0.2, 0) is 4.74 Å². The van der Waals surface area contributed by atoms with Gasteiger partial charge in [-0.2, -0.15) is 0 Å². The Labute approximate surface area is 107 Å². The molecule has 1 heterocycles. The first-order chi connectivity index (χ1) is 8.96. The van der Waals surface area contributed by atoms with Crippen molar-refractivity contribution in [2.75, 3.05) is 26.3 Å². The van der Waals surface area contributed by atoms with E-state index in [2.05, 4.69) is 4.74 Å². The fourth-order valence-electron chi connectivity index (χ4n) is 1.75. The molecule has 1 aliphatic rings. The highest BCUT2D eigenvalue weighted by Crippen LogP contribution is 2.23. The molecule has 0 N–H and O–H groups in total. The summed E-state index contributed by atoms with van der Waals surface area (Å²) < 4.78 is 44.8. The normalized spacial score (nSPS) is 16.3. The number of halogens is 3. The lowest BCUT2D eigenvalue weighted by molar-refractivity contribution is -0.274. The van der Waals surface area contributed by atoms with E-state index in [9.17, 15) is 18.0 Å². The summed E-state index contributed by atoms with van der Waals surface area (Å²) >= 11 is 0. The summed E-state index contributed by atoms with van der Waals surface area (Å²) in [6.07, 6.45) is -4.73. The van der Waals surface area contributed by atoms with Crippen molar-refractivity contribution in [2.45, 2.75) is 6.36 Å². The molecule has 4 nitrogen and oxygen atoms in total. The summed E-state index contributed by atoms with van der Waals surface area (Å²) in [5, 5.41) is 0. The maximum absolute atomic E-state index is 12.0. The van der Waals surface area contributed by atoms with Crippen LogP contribution in [-0.4, -0.2) is 43.5 Å². The van der Waals surface area contributed by atoms with Crippen molar-refractivity contribution in [1.82, 2.24) is 4.90 Å². The third-order valence-corrected chi connectivity index (χ3v) is 2.63. The van der Waals surface area contributed by atoms with Gasteiger partial charge in [-0.05, 0) is 24.3 Å². The zero-order chi connectivity index (χ0) is 13.9. The quantitative estimate of drug-likeness (QED) is 0.829. The Morgan fingerprint density at radius 2 is 1.74 bits per heavy atom. The van der Waals surface area contributed by atoms with E-state index in [1.54, 1.807) is 4.90 Å². The van der Waals surface area contributed by atoms with Crippen LogP contribution in [0.1, 0.15) is 10.4 Å². The number of amides is 1. The lowest BCUT2D eigenvalue weighted by Gasteiger charge is -2.26. The van der Waals surface area contributed by atoms with E-state index < -0.39 is 6.36 Å². The van der Waals surface area contributed by atoms with E-state index in [0.717, 1.165) is 12.1 Å². The number of alkyl halides is 3. The summed E-state index contributed by atoms with van der Waals surface area (Å²) in [5.41, 5.74) is 0.330. The van der Waals surface area contributed by atoms with E-state index in [-0.39, 0.29) is 11.7 Å². The summed E-state index contributed by atoms with van der Waals surface area (Å²) in [5.74, 6) is -0.562. The van der Waals surface area contributed by atoms with Gasteiger partial charge in [0.1, 0.15) is 5.75 Å². The van der Waals surface area contributed by atoms with Gasteiger partial charge >= 0.3 is 6.36 Å². The molecule has 1 fully saturated rings. The van der Waals surface area contributed by atoms with Crippen molar-refractivity contribution in [1.29, 1.82) is 0 Å². The molecular formula is C12H12F3NO3. The molecule has 19 heavy (non-hydrogen) atoms. The molecule has 0 radical (unpaired) electrons. The zero-order valence-electron chi connectivity index (χ0n) is 9.94. The standard InChI is InChI=1S/C12H12F3NO3/c13-12(14,15)19-10-3-1-9(2-4-10)11(17)16-5-7-18-8-6-16/h1-4H,5-8H2. The number of benzene rings is 1. The topological polar surface area (TPSA) is 38.8 Å². The van der Waals surface area contributed by atoms with E-state index in [4.69, 9.17) is 4.74 Å². The molecule has 1 amide bonds. The Balaban J connectivity index is 2.03. The molecular weight excluding hydrogens is 263 g/mol. The number of hydrogen-bond acceptors (Lipinski definition) is 3. The third kappa shape index (κ3) is 3.85. The second-order valence-electron chi connectivity index (χ2n) is 3.98. The van der Waals surface area contributed by atoms with Crippen LogP contribution in [0.4, 0.5) is 13.2 Å². The van der Waals surface area contributed by atoms with Gasteiger partial charge in [-0.25, -0.2) is 0 Å². The third-order valence-electron chi connectivity index (χ3n) is 2.63. The number of carbonyl (C=O) groups excluding carboxylic acids is 1. The predicted molar refractivity (Wildman–Crippen MR) is 59.8 cm³/mol. The van der Waals surface area contributed by atoms with Gasteiger partial charge < -0.3 is 14.4 Å². The van der Waals surface area contributed by atoms with E-state index >= 15 is 0 Å². The lowest BCUT2D eigenvalue weighted by atomic mass is 10.2. The second kappa shape index (κ2) is 5.48. The molecule has 7 heteroatoms. The lowest BCUT2D eigenvalue weighted by Crippen LogP contribution is -2.40. The predicted octanol–water partition coefficient (Wildman–Crippen LogP) is 2.06. The number of nitrogens with zero attached hydrogens (tertiary/aromatic N) is 1. The van der Waals surface area contributed by atoms with Crippen LogP contribution in [0.2, 0.25) is 0 Å². The average Bonchev–Trinajstić information content (AvgIpc) is 2.38. The van der Waals surface area contributed by atoms with Gasteiger partial charge in [0.2, 0.25) is 0 Å². The monoisotopic (exact) mass is 275 g/mol. The van der Waals surface area contributed by atoms with Gasteiger partial charge in [-0.15, -0.1) is 13.2 Å². The molecule has 0 spiro atoms. The Bertz CT molecular complexity index is 439. The molecule has 1 saturated heterocycles. The Morgan fingerprint density at radius 3 is 2.26 bits per heavy atom. The second-order valence-corrected chi connectivity index (χ2v) is 3.98. The number of ether oxygens (including phenoxy) is 2. The van der Waals surface area contributed by atoms with Crippen LogP contribution < -0.4 is 4.74 Å². The SMILES string of the molecule is O=C(c1ccc(OC(F)(F)F)cc1)N1CCOCC1. The highest BCUT2D eigenvalue weighted by Gasteiger charge is 2.31. The van der Waals surface area contributed by atoms with Crippen LogP contribution in [0.15, 0.2) is 24.3 Å². The van der Waals surface area contributed by atoms with E-state index in [0.29, 0.717) is 31.9 Å². The van der Waals surface area contributed by atoms with Crippen molar-refractivity contribution in [3.05, 3.63) is 29.8 Å². The largest absolute Gasteiger partial charge is 0.573 e. The first-order valence-electron chi connectivity index (χ1n) is 5.68. The van der Waals surface area contributed by atoms with Crippen molar-refractivity contribution >= 4 is 5.91 Å².